The highest BCUT2D eigenvalue weighted by atomic mass is 32.1. The van der Waals surface area contributed by atoms with Gasteiger partial charge in [0.05, 0.1) is 6.10 Å². The molecule has 1 nitrogen and oxygen atoms in total. The van der Waals surface area contributed by atoms with Crippen LogP contribution < -0.4 is 0 Å². The summed E-state index contributed by atoms with van der Waals surface area (Å²) in [5.41, 5.74) is -0.354. The Hall–Kier alpha value is 0.100. The Balaban J connectivity index is 3.76. The molecule has 0 aromatic rings. The van der Waals surface area contributed by atoms with E-state index in [1.54, 1.807) is 0 Å². The van der Waals surface area contributed by atoms with Crippen molar-refractivity contribution in [2.75, 3.05) is 5.75 Å². The van der Waals surface area contributed by atoms with Crippen LogP contribution in [0.4, 0.5) is 13.2 Å². The van der Waals surface area contributed by atoms with E-state index in [9.17, 15) is 18.3 Å². The highest BCUT2D eigenvalue weighted by molar-refractivity contribution is 7.80. The van der Waals surface area contributed by atoms with E-state index in [-0.39, 0.29) is 11.8 Å². The van der Waals surface area contributed by atoms with Crippen LogP contribution >= 0.6 is 12.6 Å². The number of hydrogen-bond acceptors (Lipinski definition) is 2. The van der Waals surface area contributed by atoms with E-state index in [2.05, 4.69) is 12.6 Å². The van der Waals surface area contributed by atoms with Gasteiger partial charge in [0, 0.05) is 12.2 Å². The SMILES string of the molecule is CC(C)(CCCCC(F)(F)F)C(O)CS. The summed E-state index contributed by atoms with van der Waals surface area (Å²) in [6, 6.07) is 0. The van der Waals surface area contributed by atoms with Crippen molar-refractivity contribution >= 4 is 12.6 Å². The zero-order valence-corrected chi connectivity index (χ0v) is 10.0. The molecule has 1 atom stereocenters. The minimum atomic E-state index is -4.06. The van der Waals surface area contributed by atoms with Crippen molar-refractivity contribution in [2.45, 2.75) is 51.8 Å². The van der Waals surface area contributed by atoms with E-state index in [1.165, 1.54) is 0 Å². The first-order valence-corrected chi connectivity index (χ1v) is 5.68. The lowest BCUT2D eigenvalue weighted by Crippen LogP contribution is -2.30. The molecule has 0 aliphatic heterocycles. The summed E-state index contributed by atoms with van der Waals surface area (Å²) < 4.78 is 35.5. The molecule has 5 heteroatoms. The third-order valence-electron chi connectivity index (χ3n) is 2.61. The second kappa shape index (κ2) is 5.99. The molecule has 0 aliphatic rings. The maximum Gasteiger partial charge on any atom is 0.389 e. The average molecular weight is 244 g/mol. The summed E-state index contributed by atoms with van der Waals surface area (Å²) >= 11 is 3.97. The Labute approximate surface area is 94.5 Å². The first-order chi connectivity index (χ1) is 6.69. The fourth-order valence-electron chi connectivity index (χ4n) is 1.32. The second-order valence-electron chi connectivity index (χ2n) is 4.51. The molecule has 0 aromatic heterocycles. The molecule has 0 amide bonds. The number of aliphatic hydroxyl groups excluding tert-OH is 1. The first-order valence-electron chi connectivity index (χ1n) is 5.05. The van der Waals surface area contributed by atoms with E-state index in [4.69, 9.17) is 0 Å². The normalized spacial score (nSPS) is 15.4. The van der Waals surface area contributed by atoms with Crippen LogP contribution in [0.1, 0.15) is 39.5 Å². The Morgan fingerprint density at radius 2 is 1.60 bits per heavy atom. The van der Waals surface area contributed by atoms with E-state index >= 15 is 0 Å². The van der Waals surface area contributed by atoms with Crippen LogP contribution in [0, 0.1) is 5.41 Å². The van der Waals surface area contributed by atoms with Crippen LogP contribution in [-0.2, 0) is 0 Å². The van der Waals surface area contributed by atoms with Crippen molar-refractivity contribution in [3.05, 3.63) is 0 Å². The quantitative estimate of drug-likeness (QED) is 0.542. The molecule has 0 saturated carbocycles. The zero-order valence-electron chi connectivity index (χ0n) is 9.14. The lowest BCUT2D eigenvalue weighted by Gasteiger charge is -2.29. The van der Waals surface area contributed by atoms with Crippen LogP contribution in [0.15, 0.2) is 0 Å². The summed E-state index contributed by atoms with van der Waals surface area (Å²) in [5, 5.41) is 9.55. The number of unbranched alkanes of at least 4 members (excludes halogenated alkanes) is 1. The number of aliphatic hydroxyl groups is 1. The largest absolute Gasteiger partial charge is 0.392 e. The maximum absolute atomic E-state index is 11.8. The molecule has 15 heavy (non-hydrogen) atoms. The van der Waals surface area contributed by atoms with Gasteiger partial charge in [0.15, 0.2) is 0 Å². The predicted molar refractivity (Wildman–Crippen MR) is 58.2 cm³/mol. The fourth-order valence-corrected chi connectivity index (χ4v) is 1.81. The number of rotatable bonds is 6. The number of alkyl halides is 3. The molecule has 0 saturated heterocycles. The Morgan fingerprint density at radius 3 is 2.00 bits per heavy atom. The molecular formula is C10H19F3OS. The molecule has 0 rings (SSSR count). The van der Waals surface area contributed by atoms with Gasteiger partial charge in [-0.05, 0) is 18.3 Å². The van der Waals surface area contributed by atoms with Gasteiger partial charge in [0.1, 0.15) is 0 Å². The van der Waals surface area contributed by atoms with Crippen LogP contribution in [-0.4, -0.2) is 23.1 Å². The first kappa shape index (κ1) is 15.1. The summed E-state index contributed by atoms with van der Waals surface area (Å²) in [6.07, 6.45) is -4.16. The maximum atomic E-state index is 11.8. The third-order valence-corrected chi connectivity index (χ3v) is 2.95. The van der Waals surface area contributed by atoms with Gasteiger partial charge in [-0.3, -0.25) is 0 Å². The van der Waals surface area contributed by atoms with Gasteiger partial charge in [-0.15, -0.1) is 0 Å². The van der Waals surface area contributed by atoms with Gasteiger partial charge in [-0.25, -0.2) is 0 Å². The van der Waals surface area contributed by atoms with Crippen molar-refractivity contribution in [3.8, 4) is 0 Å². The highest BCUT2D eigenvalue weighted by Crippen LogP contribution is 2.30. The van der Waals surface area contributed by atoms with Gasteiger partial charge in [-0.1, -0.05) is 20.3 Å². The lowest BCUT2D eigenvalue weighted by atomic mass is 9.82. The predicted octanol–water partition coefficient (Wildman–Crippen LogP) is 3.43. The fraction of sp³-hybridized carbons (Fsp3) is 1.00. The number of hydrogen-bond donors (Lipinski definition) is 2. The van der Waals surface area contributed by atoms with Gasteiger partial charge < -0.3 is 5.11 Å². The standard InChI is InChI=1S/C10H19F3OS/c1-9(2,8(14)7-15)5-3-4-6-10(11,12)13/h8,14-15H,3-7H2,1-2H3. The van der Waals surface area contributed by atoms with Gasteiger partial charge >= 0.3 is 6.18 Å². The van der Waals surface area contributed by atoms with E-state index < -0.39 is 18.7 Å². The monoisotopic (exact) mass is 244 g/mol. The van der Waals surface area contributed by atoms with Crippen molar-refractivity contribution in [3.63, 3.8) is 0 Å². The average Bonchev–Trinajstić information content (AvgIpc) is 2.09. The second-order valence-corrected chi connectivity index (χ2v) is 4.87. The summed E-state index contributed by atoms with van der Waals surface area (Å²) in [5.74, 6) is 0.340. The van der Waals surface area contributed by atoms with Crippen molar-refractivity contribution in [2.24, 2.45) is 5.41 Å². The summed E-state index contributed by atoms with van der Waals surface area (Å²) in [7, 11) is 0. The molecule has 0 aliphatic carbocycles. The number of halogens is 3. The van der Waals surface area contributed by atoms with Crippen molar-refractivity contribution in [1.29, 1.82) is 0 Å². The topological polar surface area (TPSA) is 20.2 Å². The summed E-state index contributed by atoms with van der Waals surface area (Å²) in [4.78, 5) is 0. The smallest absolute Gasteiger partial charge is 0.389 e. The molecule has 0 spiro atoms. The Morgan fingerprint density at radius 1 is 1.13 bits per heavy atom. The molecule has 0 fully saturated rings. The third kappa shape index (κ3) is 7.06. The molecule has 0 heterocycles. The highest BCUT2D eigenvalue weighted by Gasteiger charge is 2.29. The molecule has 0 bridgehead atoms. The minimum Gasteiger partial charge on any atom is -0.392 e. The van der Waals surface area contributed by atoms with Gasteiger partial charge in [-0.2, -0.15) is 25.8 Å². The van der Waals surface area contributed by atoms with Crippen LogP contribution in [0.3, 0.4) is 0 Å². The molecular weight excluding hydrogens is 225 g/mol. The van der Waals surface area contributed by atoms with Crippen molar-refractivity contribution in [1.82, 2.24) is 0 Å². The van der Waals surface area contributed by atoms with Gasteiger partial charge in [0.2, 0.25) is 0 Å². The minimum absolute atomic E-state index is 0.131. The van der Waals surface area contributed by atoms with Crippen LogP contribution in [0.25, 0.3) is 0 Å². The van der Waals surface area contributed by atoms with E-state index in [1.807, 2.05) is 13.8 Å². The van der Waals surface area contributed by atoms with E-state index in [0.29, 0.717) is 18.6 Å². The van der Waals surface area contributed by atoms with Crippen LogP contribution in [0.5, 0.6) is 0 Å². The Bertz CT molecular complexity index is 180. The van der Waals surface area contributed by atoms with E-state index in [0.717, 1.165) is 0 Å². The molecule has 1 N–H and O–H groups in total. The molecule has 1 unspecified atom stereocenters. The van der Waals surface area contributed by atoms with Gasteiger partial charge in [0.25, 0.3) is 0 Å². The molecule has 0 aromatic carbocycles. The lowest BCUT2D eigenvalue weighted by molar-refractivity contribution is -0.136. The molecule has 92 valence electrons. The van der Waals surface area contributed by atoms with Crippen molar-refractivity contribution < 1.29 is 18.3 Å². The molecule has 0 radical (unpaired) electrons. The Kier molecular flexibility index (Phi) is 6.03. The number of thiol groups is 1. The summed E-state index contributed by atoms with van der Waals surface area (Å²) in [6.45, 7) is 3.70. The van der Waals surface area contributed by atoms with Crippen LogP contribution in [0.2, 0.25) is 0 Å². The zero-order chi connectivity index (χ0) is 12.1.